The van der Waals surface area contributed by atoms with Crippen LogP contribution in [0.1, 0.15) is 18.5 Å². The van der Waals surface area contributed by atoms with Gasteiger partial charge in [-0.25, -0.2) is 4.98 Å². The molecule has 5 nitrogen and oxygen atoms in total. The van der Waals surface area contributed by atoms with Crippen molar-refractivity contribution in [3.8, 4) is 0 Å². The van der Waals surface area contributed by atoms with Crippen molar-refractivity contribution in [2.75, 3.05) is 20.3 Å². The quantitative estimate of drug-likeness (QED) is 0.667. The maximum Gasteiger partial charge on any atom is 0.236 e. The summed E-state index contributed by atoms with van der Waals surface area (Å²) in [4.78, 5) is 15.7. The monoisotopic (exact) mass is 257 g/mol. The molecule has 17 heavy (non-hydrogen) atoms. The number of hydrogen-bond acceptors (Lipinski definition) is 5. The van der Waals surface area contributed by atoms with Crippen molar-refractivity contribution in [3.63, 3.8) is 0 Å². The van der Waals surface area contributed by atoms with Crippen LogP contribution in [0, 0.1) is 0 Å². The van der Waals surface area contributed by atoms with Crippen molar-refractivity contribution in [1.82, 2.24) is 10.3 Å². The number of rotatable bonds is 8. The number of nitrogens with zero attached hydrogens (tertiary/aromatic N) is 1. The zero-order chi connectivity index (χ0) is 12.5. The molecule has 0 aliphatic heterocycles. The van der Waals surface area contributed by atoms with Crippen molar-refractivity contribution in [3.05, 3.63) is 16.6 Å². The highest BCUT2D eigenvalue weighted by Gasteiger charge is 2.12. The maximum absolute atomic E-state index is 11.6. The molecule has 0 spiro atoms. The lowest BCUT2D eigenvalue weighted by molar-refractivity contribution is -0.122. The van der Waals surface area contributed by atoms with Crippen LogP contribution < -0.4 is 11.1 Å². The average molecular weight is 257 g/mol. The summed E-state index contributed by atoms with van der Waals surface area (Å²) in [5.74, 6) is -0.101. The summed E-state index contributed by atoms with van der Waals surface area (Å²) >= 11 is 1.56. The predicted octanol–water partition coefficient (Wildman–Crippen LogP) is 0.556. The van der Waals surface area contributed by atoms with Gasteiger partial charge in [0.2, 0.25) is 5.91 Å². The number of carbonyl (C=O) groups excluding carboxylic acids is 1. The van der Waals surface area contributed by atoms with E-state index in [9.17, 15) is 4.79 Å². The molecule has 0 aliphatic carbocycles. The van der Waals surface area contributed by atoms with Crippen LogP contribution in [0.15, 0.2) is 10.9 Å². The van der Waals surface area contributed by atoms with Crippen LogP contribution in [0.5, 0.6) is 0 Å². The Bertz CT molecular complexity index is 317. The SMILES string of the molecule is COCCCC(N)C(=O)NCCc1cscn1. The van der Waals surface area contributed by atoms with Gasteiger partial charge in [-0.05, 0) is 12.8 Å². The summed E-state index contributed by atoms with van der Waals surface area (Å²) in [6, 6.07) is -0.444. The molecular weight excluding hydrogens is 238 g/mol. The van der Waals surface area contributed by atoms with E-state index in [0.29, 0.717) is 19.6 Å². The zero-order valence-electron chi connectivity index (χ0n) is 10.0. The number of ether oxygens (including phenoxy) is 1. The van der Waals surface area contributed by atoms with E-state index in [0.717, 1.165) is 18.5 Å². The molecule has 1 rings (SSSR count). The Morgan fingerprint density at radius 1 is 1.71 bits per heavy atom. The van der Waals surface area contributed by atoms with Crippen LogP contribution in [-0.4, -0.2) is 37.2 Å². The van der Waals surface area contributed by atoms with Gasteiger partial charge < -0.3 is 15.8 Å². The molecule has 96 valence electrons. The Morgan fingerprint density at radius 3 is 3.18 bits per heavy atom. The zero-order valence-corrected chi connectivity index (χ0v) is 10.8. The minimum Gasteiger partial charge on any atom is -0.385 e. The molecule has 3 N–H and O–H groups in total. The first kappa shape index (κ1) is 14.1. The molecule has 0 aliphatic rings. The van der Waals surface area contributed by atoms with Gasteiger partial charge in [0.05, 0.1) is 17.2 Å². The van der Waals surface area contributed by atoms with Crippen molar-refractivity contribution in [2.24, 2.45) is 5.73 Å². The van der Waals surface area contributed by atoms with E-state index in [1.165, 1.54) is 0 Å². The number of carbonyl (C=O) groups is 1. The first-order chi connectivity index (χ1) is 8.24. The third-order valence-electron chi connectivity index (χ3n) is 2.36. The van der Waals surface area contributed by atoms with E-state index in [1.54, 1.807) is 24.0 Å². The van der Waals surface area contributed by atoms with Gasteiger partial charge in [-0.15, -0.1) is 11.3 Å². The fourth-order valence-corrected chi connectivity index (χ4v) is 1.98. The molecule has 0 bridgehead atoms. The molecule has 1 aromatic heterocycles. The Labute approximate surface area is 105 Å². The fourth-order valence-electron chi connectivity index (χ4n) is 1.38. The molecular formula is C11H19N3O2S. The molecule has 1 atom stereocenters. The van der Waals surface area contributed by atoms with E-state index < -0.39 is 6.04 Å². The van der Waals surface area contributed by atoms with E-state index in [4.69, 9.17) is 10.5 Å². The van der Waals surface area contributed by atoms with Gasteiger partial charge in [0.1, 0.15) is 0 Å². The molecule has 0 saturated heterocycles. The summed E-state index contributed by atoms with van der Waals surface area (Å²) in [7, 11) is 1.64. The average Bonchev–Trinajstić information content (AvgIpc) is 2.82. The first-order valence-corrected chi connectivity index (χ1v) is 6.57. The molecule has 6 heteroatoms. The Kier molecular flexibility index (Phi) is 6.76. The number of hydrogen-bond donors (Lipinski definition) is 2. The largest absolute Gasteiger partial charge is 0.385 e. The Hall–Kier alpha value is -0.980. The van der Waals surface area contributed by atoms with Crippen LogP contribution in [0.3, 0.4) is 0 Å². The number of nitrogens with one attached hydrogen (secondary N) is 1. The van der Waals surface area contributed by atoms with Crippen LogP contribution in [0.4, 0.5) is 0 Å². The number of aromatic nitrogens is 1. The molecule has 0 aromatic carbocycles. The molecule has 1 heterocycles. The molecule has 0 fully saturated rings. The minimum absolute atomic E-state index is 0.101. The van der Waals surface area contributed by atoms with E-state index in [2.05, 4.69) is 10.3 Å². The second kappa shape index (κ2) is 8.16. The second-order valence-corrected chi connectivity index (χ2v) is 4.48. The maximum atomic E-state index is 11.6. The highest BCUT2D eigenvalue weighted by molar-refractivity contribution is 7.07. The van der Waals surface area contributed by atoms with Gasteiger partial charge in [-0.1, -0.05) is 0 Å². The fraction of sp³-hybridized carbons (Fsp3) is 0.636. The van der Waals surface area contributed by atoms with Gasteiger partial charge in [0.25, 0.3) is 0 Å². The van der Waals surface area contributed by atoms with Gasteiger partial charge in [-0.3, -0.25) is 4.79 Å². The normalized spacial score (nSPS) is 12.4. The van der Waals surface area contributed by atoms with Gasteiger partial charge in [-0.2, -0.15) is 0 Å². The summed E-state index contributed by atoms with van der Waals surface area (Å²) < 4.78 is 4.91. The first-order valence-electron chi connectivity index (χ1n) is 5.63. The highest BCUT2D eigenvalue weighted by atomic mass is 32.1. The highest BCUT2D eigenvalue weighted by Crippen LogP contribution is 2.01. The lowest BCUT2D eigenvalue weighted by atomic mass is 10.1. The second-order valence-electron chi connectivity index (χ2n) is 3.76. The lowest BCUT2D eigenvalue weighted by Crippen LogP contribution is -2.41. The van der Waals surface area contributed by atoms with E-state index in [1.807, 2.05) is 5.38 Å². The van der Waals surface area contributed by atoms with Crippen LogP contribution in [0.2, 0.25) is 0 Å². The number of nitrogens with two attached hydrogens (primary N) is 1. The Morgan fingerprint density at radius 2 is 2.53 bits per heavy atom. The van der Waals surface area contributed by atoms with E-state index >= 15 is 0 Å². The van der Waals surface area contributed by atoms with Crippen molar-refractivity contribution < 1.29 is 9.53 Å². The summed E-state index contributed by atoms with van der Waals surface area (Å²) in [6.45, 7) is 1.22. The smallest absolute Gasteiger partial charge is 0.236 e. The lowest BCUT2D eigenvalue weighted by Gasteiger charge is -2.11. The van der Waals surface area contributed by atoms with Crippen LogP contribution >= 0.6 is 11.3 Å². The van der Waals surface area contributed by atoms with Gasteiger partial charge in [0, 0.05) is 32.1 Å². The number of thiazole rings is 1. The molecule has 0 radical (unpaired) electrons. The van der Waals surface area contributed by atoms with Gasteiger partial charge >= 0.3 is 0 Å². The third-order valence-corrected chi connectivity index (χ3v) is 3.00. The minimum atomic E-state index is -0.444. The van der Waals surface area contributed by atoms with Crippen LogP contribution in [-0.2, 0) is 16.0 Å². The summed E-state index contributed by atoms with van der Waals surface area (Å²) in [6.07, 6.45) is 2.20. The van der Waals surface area contributed by atoms with Crippen molar-refractivity contribution >= 4 is 17.2 Å². The van der Waals surface area contributed by atoms with E-state index in [-0.39, 0.29) is 5.91 Å². The predicted molar refractivity (Wildman–Crippen MR) is 67.9 cm³/mol. The number of methoxy groups -OCH3 is 1. The third kappa shape index (κ3) is 5.76. The molecule has 1 unspecified atom stereocenters. The topological polar surface area (TPSA) is 77.2 Å². The van der Waals surface area contributed by atoms with Crippen LogP contribution in [0.25, 0.3) is 0 Å². The van der Waals surface area contributed by atoms with Crippen molar-refractivity contribution in [1.29, 1.82) is 0 Å². The summed E-state index contributed by atoms with van der Waals surface area (Å²) in [5.41, 5.74) is 8.52. The molecule has 0 saturated carbocycles. The standard InChI is InChI=1S/C11H19N3O2S/c1-16-6-2-3-10(12)11(15)13-5-4-9-7-17-8-14-9/h7-8,10H,2-6,12H2,1H3,(H,13,15). The number of amides is 1. The Balaban J connectivity index is 2.11. The molecule has 1 amide bonds. The van der Waals surface area contributed by atoms with Crippen molar-refractivity contribution in [2.45, 2.75) is 25.3 Å². The molecule has 1 aromatic rings. The van der Waals surface area contributed by atoms with Gasteiger partial charge in [0.15, 0.2) is 0 Å². The summed E-state index contributed by atoms with van der Waals surface area (Å²) in [5, 5.41) is 4.78.